The van der Waals surface area contributed by atoms with Crippen LogP contribution in [0.4, 0.5) is 0 Å². The zero-order valence-electron chi connectivity index (χ0n) is 12.8. The number of nitrogens with one attached hydrogen (secondary N) is 1. The fraction of sp³-hybridized carbons (Fsp3) is 0.467. The van der Waals surface area contributed by atoms with Crippen molar-refractivity contribution in [3.05, 3.63) is 28.0 Å². The highest BCUT2D eigenvalue weighted by Crippen LogP contribution is 2.19. The molecule has 5 nitrogen and oxygen atoms in total. The summed E-state index contributed by atoms with van der Waals surface area (Å²) in [4.78, 5) is 25.5. The van der Waals surface area contributed by atoms with Gasteiger partial charge in [0, 0.05) is 18.7 Å². The first-order valence-corrected chi connectivity index (χ1v) is 7.63. The molecule has 0 saturated heterocycles. The first-order chi connectivity index (χ1) is 9.81. The van der Waals surface area contributed by atoms with E-state index < -0.39 is 5.97 Å². The SMILES string of the molecule is CC(C)C(CN(C)C)NC(=O)c1sccc1C=CC(=O)O. The highest BCUT2D eigenvalue weighted by atomic mass is 32.1. The zero-order chi connectivity index (χ0) is 16.0. The average Bonchev–Trinajstić information content (AvgIpc) is 2.83. The summed E-state index contributed by atoms with van der Waals surface area (Å²) in [5.74, 6) is -0.870. The molecule has 116 valence electrons. The van der Waals surface area contributed by atoms with Crippen LogP contribution in [-0.2, 0) is 4.79 Å². The lowest BCUT2D eigenvalue weighted by Crippen LogP contribution is -2.44. The molecule has 2 N–H and O–H groups in total. The number of thiophene rings is 1. The summed E-state index contributed by atoms with van der Waals surface area (Å²) in [7, 11) is 3.93. The van der Waals surface area contributed by atoms with E-state index in [1.165, 1.54) is 17.4 Å². The molecule has 0 radical (unpaired) electrons. The maximum Gasteiger partial charge on any atom is 0.328 e. The van der Waals surface area contributed by atoms with Crippen LogP contribution < -0.4 is 5.32 Å². The highest BCUT2D eigenvalue weighted by Gasteiger charge is 2.20. The Morgan fingerprint density at radius 3 is 2.62 bits per heavy atom. The van der Waals surface area contributed by atoms with Gasteiger partial charge in [0.2, 0.25) is 0 Å². The van der Waals surface area contributed by atoms with E-state index in [0.29, 0.717) is 16.4 Å². The Balaban J connectivity index is 2.83. The van der Waals surface area contributed by atoms with Gasteiger partial charge in [-0.15, -0.1) is 11.3 Å². The fourth-order valence-electron chi connectivity index (χ4n) is 1.85. The summed E-state index contributed by atoms with van der Waals surface area (Å²) in [6, 6.07) is 1.79. The van der Waals surface area contributed by atoms with Gasteiger partial charge in [-0.25, -0.2) is 4.79 Å². The highest BCUT2D eigenvalue weighted by molar-refractivity contribution is 7.12. The lowest BCUT2D eigenvalue weighted by atomic mass is 10.0. The second-order valence-electron chi connectivity index (χ2n) is 5.46. The lowest BCUT2D eigenvalue weighted by Gasteiger charge is -2.25. The predicted octanol–water partition coefficient (Wildman–Crippen LogP) is 2.16. The number of nitrogens with zero attached hydrogens (tertiary/aromatic N) is 1. The van der Waals surface area contributed by atoms with E-state index in [2.05, 4.69) is 19.2 Å². The van der Waals surface area contributed by atoms with Crippen LogP contribution in [0.15, 0.2) is 17.5 Å². The first kappa shape index (κ1) is 17.4. The Labute approximate surface area is 129 Å². The van der Waals surface area contributed by atoms with Gasteiger partial charge in [-0.1, -0.05) is 13.8 Å². The van der Waals surface area contributed by atoms with E-state index in [-0.39, 0.29) is 11.9 Å². The van der Waals surface area contributed by atoms with Crippen molar-refractivity contribution in [2.75, 3.05) is 20.6 Å². The van der Waals surface area contributed by atoms with Crippen molar-refractivity contribution in [1.82, 2.24) is 10.2 Å². The molecule has 21 heavy (non-hydrogen) atoms. The van der Waals surface area contributed by atoms with Crippen molar-refractivity contribution in [2.24, 2.45) is 5.92 Å². The number of carboxylic acid groups (broad SMARTS) is 1. The van der Waals surface area contributed by atoms with Gasteiger partial charge in [-0.05, 0) is 43.1 Å². The van der Waals surface area contributed by atoms with E-state index >= 15 is 0 Å². The topological polar surface area (TPSA) is 69.6 Å². The summed E-state index contributed by atoms with van der Waals surface area (Å²) in [6.07, 6.45) is 2.49. The van der Waals surface area contributed by atoms with Crippen molar-refractivity contribution in [3.63, 3.8) is 0 Å². The van der Waals surface area contributed by atoms with Crippen molar-refractivity contribution < 1.29 is 14.7 Å². The Kier molecular flexibility index (Phi) is 6.58. The molecule has 0 bridgehead atoms. The molecule has 1 rings (SSSR count). The summed E-state index contributed by atoms with van der Waals surface area (Å²) in [5.41, 5.74) is 0.632. The molecule has 0 aliphatic heterocycles. The van der Waals surface area contributed by atoms with Crippen molar-refractivity contribution in [2.45, 2.75) is 19.9 Å². The van der Waals surface area contributed by atoms with E-state index in [1.807, 2.05) is 19.0 Å². The molecule has 0 saturated carbocycles. The van der Waals surface area contributed by atoms with Gasteiger partial charge in [0.1, 0.15) is 0 Å². The third-order valence-electron chi connectivity index (χ3n) is 2.99. The molecule has 1 aromatic heterocycles. The van der Waals surface area contributed by atoms with E-state index in [1.54, 1.807) is 11.4 Å². The summed E-state index contributed by atoms with van der Waals surface area (Å²) < 4.78 is 0. The van der Waals surface area contributed by atoms with Gasteiger partial charge in [0.05, 0.1) is 4.88 Å². The lowest BCUT2D eigenvalue weighted by molar-refractivity contribution is -0.131. The fourth-order valence-corrected chi connectivity index (χ4v) is 2.64. The van der Waals surface area contributed by atoms with Gasteiger partial charge in [0.15, 0.2) is 0 Å². The summed E-state index contributed by atoms with van der Waals surface area (Å²) in [6.45, 7) is 4.89. The minimum atomic E-state index is -1.03. The smallest absolute Gasteiger partial charge is 0.328 e. The number of rotatable bonds is 7. The number of carbonyl (C=O) groups is 2. The molecule has 6 heteroatoms. The molecular formula is C15H22N2O3S. The monoisotopic (exact) mass is 310 g/mol. The molecular weight excluding hydrogens is 288 g/mol. The number of aliphatic carboxylic acids is 1. The molecule has 1 aromatic rings. The second kappa shape index (κ2) is 7.95. The van der Waals surface area contributed by atoms with Crippen LogP contribution in [0.5, 0.6) is 0 Å². The van der Waals surface area contributed by atoms with E-state index in [9.17, 15) is 9.59 Å². The number of carbonyl (C=O) groups excluding carboxylic acids is 1. The quantitative estimate of drug-likeness (QED) is 0.757. The van der Waals surface area contributed by atoms with Crippen molar-refractivity contribution >= 4 is 29.3 Å². The molecule has 0 fully saturated rings. The van der Waals surface area contributed by atoms with Crippen molar-refractivity contribution in [3.8, 4) is 0 Å². The second-order valence-corrected chi connectivity index (χ2v) is 6.38. The maximum atomic E-state index is 12.4. The standard InChI is InChI=1S/C15H22N2O3S/c1-10(2)12(9-17(3)4)16-15(20)14-11(7-8-21-14)5-6-13(18)19/h5-8,10,12H,9H2,1-4H3,(H,16,20)(H,18,19). The Morgan fingerprint density at radius 1 is 1.43 bits per heavy atom. The van der Waals surface area contributed by atoms with Crippen LogP contribution >= 0.6 is 11.3 Å². The van der Waals surface area contributed by atoms with E-state index in [4.69, 9.17) is 5.11 Å². The van der Waals surface area contributed by atoms with Crippen LogP contribution in [0, 0.1) is 5.92 Å². The van der Waals surface area contributed by atoms with Gasteiger partial charge >= 0.3 is 5.97 Å². The molecule has 1 atom stereocenters. The van der Waals surface area contributed by atoms with Gasteiger partial charge in [0.25, 0.3) is 5.91 Å². The molecule has 0 aliphatic rings. The van der Waals surface area contributed by atoms with Crippen LogP contribution in [0.3, 0.4) is 0 Å². The summed E-state index contributed by atoms with van der Waals surface area (Å²) in [5, 5.41) is 13.5. The third-order valence-corrected chi connectivity index (χ3v) is 3.92. The third kappa shape index (κ3) is 5.69. The first-order valence-electron chi connectivity index (χ1n) is 6.75. The predicted molar refractivity (Wildman–Crippen MR) is 85.6 cm³/mol. The van der Waals surface area contributed by atoms with Crippen LogP contribution in [0.2, 0.25) is 0 Å². The summed E-state index contributed by atoms with van der Waals surface area (Å²) >= 11 is 1.31. The Hall–Kier alpha value is -1.66. The van der Waals surface area contributed by atoms with Crippen LogP contribution in [0.1, 0.15) is 29.1 Å². The normalized spacial score (nSPS) is 13.0. The molecule has 0 aliphatic carbocycles. The number of likely N-dealkylation sites (N-methyl/N-ethyl adjacent to an activating group) is 1. The molecule has 1 unspecified atom stereocenters. The van der Waals surface area contributed by atoms with E-state index in [0.717, 1.165) is 12.6 Å². The molecule has 1 heterocycles. The maximum absolute atomic E-state index is 12.4. The Bertz CT molecular complexity index is 521. The molecule has 1 amide bonds. The molecule has 0 spiro atoms. The van der Waals surface area contributed by atoms with Gasteiger partial charge in [-0.3, -0.25) is 4.79 Å². The number of carboxylic acids is 1. The largest absolute Gasteiger partial charge is 0.478 e. The Morgan fingerprint density at radius 2 is 2.10 bits per heavy atom. The van der Waals surface area contributed by atoms with Gasteiger partial charge in [-0.2, -0.15) is 0 Å². The van der Waals surface area contributed by atoms with Crippen molar-refractivity contribution in [1.29, 1.82) is 0 Å². The molecule has 0 aromatic carbocycles. The number of amides is 1. The van der Waals surface area contributed by atoms with Crippen LogP contribution in [-0.4, -0.2) is 48.6 Å². The number of hydrogen-bond donors (Lipinski definition) is 2. The van der Waals surface area contributed by atoms with Gasteiger partial charge < -0.3 is 15.3 Å². The van der Waals surface area contributed by atoms with Crippen LogP contribution in [0.25, 0.3) is 6.08 Å². The average molecular weight is 310 g/mol. The zero-order valence-corrected chi connectivity index (χ0v) is 13.6. The number of hydrogen-bond acceptors (Lipinski definition) is 4. The minimum Gasteiger partial charge on any atom is -0.478 e. The minimum absolute atomic E-state index is 0.0471.